The zero-order valence-corrected chi connectivity index (χ0v) is 10.5. The predicted octanol–water partition coefficient (Wildman–Crippen LogP) is 2.06. The van der Waals surface area contributed by atoms with E-state index >= 15 is 0 Å². The Bertz CT molecular complexity index is 372. The monoisotopic (exact) mass is 291 g/mol. The summed E-state index contributed by atoms with van der Waals surface area (Å²) in [5.41, 5.74) is -0.0855. The number of aromatic carboxylic acids is 1. The van der Waals surface area contributed by atoms with Crippen molar-refractivity contribution in [3.8, 4) is 0 Å². The Balaban J connectivity index is 3.04. The number of halogens is 1. The molecule has 1 N–H and O–H groups in total. The fourth-order valence-electron chi connectivity index (χ4n) is 0.984. The maximum absolute atomic E-state index is 11.7. The Morgan fingerprint density at radius 1 is 1.67 bits per heavy atom. The molecule has 0 saturated carbocycles. The van der Waals surface area contributed by atoms with E-state index in [2.05, 4.69) is 20.9 Å². The van der Waals surface area contributed by atoms with Crippen LogP contribution in [0.15, 0.2) is 21.6 Å². The Morgan fingerprint density at radius 3 is 2.87 bits per heavy atom. The molecule has 1 unspecified atom stereocenters. The standard InChI is InChI=1S/C9H10BrNO3S/c1-2-5-15(14)8-6(10)3-4-7(11-8)9(12)13/h3-4H,2,5H2,1H3,(H,12,13). The van der Waals surface area contributed by atoms with Gasteiger partial charge >= 0.3 is 5.97 Å². The number of aromatic nitrogens is 1. The molecule has 0 fully saturated rings. The van der Waals surface area contributed by atoms with Gasteiger partial charge in [-0.1, -0.05) is 6.92 Å². The summed E-state index contributed by atoms with van der Waals surface area (Å²) in [6.07, 6.45) is 0.762. The highest BCUT2D eigenvalue weighted by molar-refractivity contribution is 9.10. The molecule has 1 aromatic heterocycles. The predicted molar refractivity (Wildman–Crippen MR) is 60.5 cm³/mol. The summed E-state index contributed by atoms with van der Waals surface area (Å²) in [4.78, 5) is 14.5. The number of carbonyl (C=O) groups is 1. The van der Waals surface area contributed by atoms with E-state index in [0.29, 0.717) is 15.3 Å². The number of carboxylic acids is 1. The molecule has 0 aliphatic carbocycles. The van der Waals surface area contributed by atoms with E-state index in [9.17, 15) is 9.35 Å². The first kappa shape index (κ1) is 12.5. The summed E-state index contributed by atoms with van der Waals surface area (Å²) in [5, 5.41) is 9.04. The molecule has 0 radical (unpaired) electrons. The van der Waals surface area contributed by atoms with E-state index in [1.165, 1.54) is 6.07 Å². The first-order chi connectivity index (χ1) is 7.06. The van der Waals surface area contributed by atoms with Gasteiger partial charge in [0.1, 0.15) is 5.75 Å². The summed E-state index contributed by atoms with van der Waals surface area (Å²) in [6, 6.07) is 2.93. The minimum atomic E-state index is -1.24. The molecule has 4 nitrogen and oxygen atoms in total. The lowest BCUT2D eigenvalue weighted by Crippen LogP contribution is -2.12. The smallest absolute Gasteiger partial charge is 0.354 e. The number of hydrogen-bond acceptors (Lipinski definition) is 3. The number of nitrogens with zero attached hydrogens (tertiary/aromatic N) is 1. The molecular weight excluding hydrogens is 282 g/mol. The SMILES string of the molecule is CCC[S+]([O-])c1nc(C(=O)O)ccc1Br. The van der Waals surface area contributed by atoms with Crippen LogP contribution in [0.5, 0.6) is 0 Å². The van der Waals surface area contributed by atoms with Crippen LogP contribution in [-0.2, 0) is 11.2 Å². The summed E-state index contributed by atoms with van der Waals surface area (Å²) >= 11 is 1.96. The minimum absolute atomic E-state index is 0.0855. The maximum Gasteiger partial charge on any atom is 0.354 e. The van der Waals surface area contributed by atoms with Gasteiger partial charge in [0, 0.05) is 11.2 Å². The van der Waals surface area contributed by atoms with Gasteiger partial charge < -0.3 is 9.66 Å². The number of hydrogen-bond donors (Lipinski definition) is 1. The highest BCUT2D eigenvalue weighted by Gasteiger charge is 2.18. The zero-order chi connectivity index (χ0) is 11.4. The van der Waals surface area contributed by atoms with Crippen LogP contribution in [0.2, 0.25) is 0 Å². The van der Waals surface area contributed by atoms with Crippen molar-refractivity contribution in [2.24, 2.45) is 0 Å². The van der Waals surface area contributed by atoms with Crippen LogP contribution in [0, 0.1) is 0 Å². The van der Waals surface area contributed by atoms with Gasteiger partial charge in [-0.25, -0.2) is 4.79 Å². The van der Waals surface area contributed by atoms with Crippen molar-refractivity contribution in [2.75, 3.05) is 5.75 Å². The van der Waals surface area contributed by atoms with Crippen LogP contribution in [0.3, 0.4) is 0 Å². The second-order valence-corrected chi connectivity index (χ2v) is 5.18. The van der Waals surface area contributed by atoms with Crippen molar-refractivity contribution in [1.82, 2.24) is 4.98 Å². The van der Waals surface area contributed by atoms with Gasteiger partial charge in [0.15, 0.2) is 5.69 Å². The van der Waals surface area contributed by atoms with Gasteiger partial charge in [-0.2, -0.15) is 4.98 Å². The molecule has 6 heteroatoms. The summed E-state index contributed by atoms with van der Waals surface area (Å²) in [7, 11) is 0. The van der Waals surface area contributed by atoms with E-state index in [-0.39, 0.29) is 5.69 Å². The summed E-state index contributed by atoms with van der Waals surface area (Å²) in [5.74, 6) is -0.633. The third kappa shape index (κ3) is 3.19. The van der Waals surface area contributed by atoms with E-state index < -0.39 is 17.1 Å². The third-order valence-corrected chi connectivity index (χ3v) is 4.06. The lowest BCUT2D eigenvalue weighted by atomic mass is 10.4. The molecule has 0 aromatic carbocycles. The third-order valence-electron chi connectivity index (χ3n) is 1.64. The molecule has 0 aliphatic rings. The van der Waals surface area contributed by atoms with E-state index in [1.54, 1.807) is 6.07 Å². The van der Waals surface area contributed by atoms with E-state index in [4.69, 9.17) is 5.11 Å². The lowest BCUT2D eigenvalue weighted by Gasteiger charge is -2.09. The average Bonchev–Trinajstić information content (AvgIpc) is 2.18. The Kier molecular flexibility index (Phi) is 4.56. The molecule has 0 saturated heterocycles. The molecule has 0 aliphatic heterocycles. The van der Waals surface area contributed by atoms with Crippen molar-refractivity contribution in [1.29, 1.82) is 0 Å². The highest BCUT2D eigenvalue weighted by atomic mass is 79.9. The van der Waals surface area contributed by atoms with Gasteiger partial charge in [-0.3, -0.25) is 0 Å². The maximum atomic E-state index is 11.7. The fraction of sp³-hybridized carbons (Fsp3) is 0.333. The van der Waals surface area contributed by atoms with Gasteiger partial charge in [0.05, 0.1) is 4.47 Å². The first-order valence-corrected chi connectivity index (χ1v) is 6.45. The topological polar surface area (TPSA) is 73.2 Å². The lowest BCUT2D eigenvalue weighted by molar-refractivity contribution is 0.0689. The van der Waals surface area contributed by atoms with Crippen LogP contribution in [0.4, 0.5) is 0 Å². The van der Waals surface area contributed by atoms with Crippen molar-refractivity contribution in [3.05, 3.63) is 22.3 Å². The quantitative estimate of drug-likeness (QED) is 0.862. The van der Waals surface area contributed by atoms with Gasteiger partial charge in [0.25, 0.3) is 5.03 Å². The first-order valence-electron chi connectivity index (χ1n) is 4.34. The summed E-state index contributed by atoms with van der Waals surface area (Å²) in [6.45, 7) is 1.91. The Morgan fingerprint density at radius 2 is 2.33 bits per heavy atom. The van der Waals surface area contributed by atoms with Gasteiger partial charge in [-0.15, -0.1) is 0 Å². The van der Waals surface area contributed by atoms with Crippen molar-refractivity contribution in [3.63, 3.8) is 0 Å². The van der Waals surface area contributed by atoms with Crippen LogP contribution >= 0.6 is 15.9 Å². The molecule has 1 rings (SSSR count). The van der Waals surface area contributed by atoms with Crippen molar-refractivity contribution >= 4 is 33.1 Å². The van der Waals surface area contributed by atoms with Crippen LogP contribution in [0.1, 0.15) is 23.8 Å². The van der Waals surface area contributed by atoms with Crippen LogP contribution < -0.4 is 0 Å². The average molecular weight is 292 g/mol. The molecule has 0 amide bonds. The minimum Gasteiger partial charge on any atom is -0.610 e. The molecule has 1 aromatic rings. The largest absolute Gasteiger partial charge is 0.610 e. The fourth-order valence-corrected chi connectivity index (χ4v) is 2.80. The van der Waals surface area contributed by atoms with Crippen molar-refractivity contribution in [2.45, 2.75) is 18.4 Å². The molecule has 82 valence electrons. The normalized spacial score (nSPS) is 12.5. The molecule has 1 heterocycles. The van der Waals surface area contributed by atoms with Gasteiger partial charge in [-0.05, 0) is 34.5 Å². The van der Waals surface area contributed by atoms with E-state index in [1.807, 2.05) is 6.92 Å². The van der Waals surface area contributed by atoms with E-state index in [0.717, 1.165) is 6.42 Å². The van der Waals surface area contributed by atoms with Crippen LogP contribution in [0.25, 0.3) is 0 Å². The summed E-state index contributed by atoms with van der Waals surface area (Å²) < 4.78 is 12.2. The molecule has 0 bridgehead atoms. The second kappa shape index (κ2) is 5.48. The molecule has 0 spiro atoms. The van der Waals surface area contributed by atoms with Gasteiger partial charge in [0.2, 0.25) is 0 Å². The van der Waals surface area contributed by atoms with Crippen molar-refractivity contribution < 1.29 is 14.5 Å². The number of pyridine rings is 1. The highest BCUT2D eigenvalue weighted by Crippen LogP contribution is 2.21. The number of carboxylic acid groups (broad SMARTS) is 1. The molecule has 1 atom stereocenters. The zero-order valence-electron chi connectivity index (χ0n) is 8.07. The molecule has 15 heavy (non-hydrogen) atoms. The Labute approximate surface area is 99.0 Å². The Hall–Kier alpha value is -0.590. The second-order valence-electron chi connectivity index (χ2n) is 2.84. The van der Waals surface area contributed by atoms with Crippen LogP contribution in [-0.4, -0.2) is 26.4 Å². The molecular formula is C9H10BrNO3S. The number of rotatable bonds is 4.